The molecule has 2 amide bonds. The molecule has 2 saturated heterocycles. The van der Waals surface area contributed by atoms with E-state index >= 15 is 0 Å². The smallest absolute Gasteiger partial charge is 0.340 e. The number of carbonyl (C=O) groups is 3. The number of benzene rings is 3. The van der Waals surface area contributed by atoms with Crippen LogP contribution in [0.3, 0.4) is 0 Å². The van der Waals surface area contributed by atoms with Crippen molar-refractivity contribution in [3.05, 3.63) is 82.9 Å². The second kappa shape index (κ2) is 6.72. The Labute approximate surface area is 201 Å². The zero-order chi connectivity index (χ0) is 24.1. The highest BCUT2D eigenvalue weighted by atomic mass is 16.6. The van der Waals surface area contributed by atoms with Crippen LogP contribution in [0, 0.1) is 11.8 Å². The van der Waals surface area contributed by atoms with Gasteiger partial charge in [-0.05, 0) is 30.3 Å². The standard InChI is InChI=1S/C28H22N2O5/c1-15-13-29(25(15)31)17-7-9-21-23(11-17)34-24-12-18(30-14-16(2)26(30)32)8-10-22(24)28(21)20-6-4-3-5-19(20)27(33)35-28/h3-12,15-16H,13-14H2,1-2H3. The lowest BCUT2D eigenvalue weighted by molar-refractivity contribution is -0.127. The number of hydrogen-bond donors (Lipinski definition) is 0. The average molecular weight is 466 g/mol. The summed E-state index contributed by atoms with van der Waals surface area (Å²) in [5, 5.41) is 0. The molecule has 7 nitrogen and oxygen atoms in total. The summed E-state index contributed by atoms with van der Waals surface area (Å²) in [5.74, 6) is 0.787. The predicted molar refractivity (Wildman–Crippen MR) is 128 cm³/mol. The van der Waals surface area contributed by atoms with E-state index in [-0.39, 0.29) is 23.7 Å². The van der Waals surface area contributed by atoms with E-state index in [9.17, 15) is 14.4 Å². The van der Waals surface area contributed by atoms with E-state index < -0.39 is 11.6 Å². The van der Waals surface area contributed by atoms with E-state index in [1.54, 1.807) is 15.9 Å². The van der Waals surface area contributed by atoms with Gasteiger partial charge in [-0.1, -0.05) is 32.0 Å². The fourth-order valence-electron chi connectivity index (χ4n) is 5.65. The van der Waals surface area contributed by atoms with Gasteiger partial charge in [-0.15, -0.1) is 0 Å². The Hall–Kier alpha value is -4.13. The van der Waals surface area contributed by atoms with Gasteiger partial charge in [0.1, 0.15) is 11.5 Å². The fourth-order valence-corrected chi connectivity index (χ4v) is 5.65. The molecule has 1 spiro atoms. The Morgan fingerprint density at radius 2 is 1.29 bits per heavy atom. The molecule has 2 atom stereocenters. The minimum absolute atomic E-state index is 0.000644. The Kier molecular flexibility index (Phi) is 3.89. The number of amides is 2. The van der Waals surface area contributed by atoms with Gasteiger partial charge in [-0.25, -0.2) is 4.79 Å². The van der Waals surface area contributed by atoms with Crippen molar-refractivity contribution in [2.45, 2.75) is 19.4 Å². The summed E-state index contributed by atoms with van der Waals surface area (Å²) in [7, 11) is 0. The van der Waals surface area contributed by atoms with Gasteiger partial charge in [0, 0.05) is 53.3 Å². The third kappa shape index (κ3) is 2.52. The lowest BCUT2D eigenvalue weighted by Gasteiger charge is -2.40. The molecule has 4 aliphatic heterocycles. The maximum atomic E-state index is 13.0. The largest absolute Gasteiger partial charge is 0.456 e. The number of nitrogens with zero attached hydrogens (tertiary/aromatic N) is 2. The Bertz CT molecular complexity index is 1400. The lowest BCUT2D eigenvalue weighted by atomic mass is 9.77. The second-order valence-electron chi connectivity index (χ2n) is 9.78. The highest BCUT2D eigenvalue weighted by molar-refractivity contribution is 6.02. The van der Waals surface area contributed by atoms with Crippen LogP contribution in [0.25, 0.3) is 0 Å². The monoisotopic (exact) mass is 466 g/mol. The number of anilines is 2. The highest BCUT2D eigenvalue weighted by Crippen LogP contribution is 2.57. The molecule has 3 aromatic rings. The number of β-lactam (4-membered cyclic amide) rings is 2. The number of fused-ring (bicyclic) bond motifs is 6. The van der Waals surface area contributed by atoms with Crippen molar-refractivity contribution in [3.8, 4) is 11.5 Å². The average Bonchev–Trinajstić information content (AvgIpc) is 3.17. The molecular formula is C28H22N2O5. The molecule has 4 heterocycles. The van der Waals surface area contributed by atoms with Crippen LogP contribution >= 0.6 is 0 Å². The predicted octanol–water partition coefficient (Wildman–Crippen LogP) is 4.22. The Balaban J connectivity index is 1.42. The topological polar surface area (TPSA) is 76.2 Å². The minimum atomic E-state index is -1.17. The van der Waals surface area contributed by atoms with Crippen LogP contribution in [0.1, 0.15) is 40.9 Å². The molecule has 0 radical (unpaired) electrons. The molecule has 4 aliphatic rings. The molecule has 2 unspecified atom stereocenters. The van der Waals surface area contributed by atoms with Crippen molar-refractivity contribution in [3.63, 3.8) is 0 Å². The zero-order valence-corrected chi connectivity index (χ0v) is 19.3. The maximum Gasteiger partial charge on any atom is 0.340 e. The summed E-state index contributed by atoms with van der Waals surface area (Å²) in [5.41, 5.74) is 2.98. The molecule has 174 valence electrons. The van der Waals surface area contributed by atoms with Gasteiger partial charge in [-0.3, -0.25) is 9.59 Å². The molecule has 0 N–H and O–H groups in total. The van der Waals surface area contributed by atoms with E-state index in [2.05, 4.69) is 0 Å². The first-order valence-corrected chi connectivity index (χ1v) is 11.8. The zero-order valence-electron chi connectivity index (χ0n) is 19.3. The van der Waals surface area contributed by atoms with Crippen molar-refractivity contribution >= 4 is 29.2 Å². The third-order valence-electron chi connectivity index (χ3n) is 7.59. The van der Waals surface area contributed by atoms with Crippen LogP contribution in [0.4, 0.5) is 11.4 Å². The Morgan fingerprint density at radius 3 is 1.80 bits per heavy atom. The fraction of sp³-hybridized carbons (Fsp3) is 0.250. The van der Waals surface area contributed by atoms with Gasteiger partial charge in [0.2, 0.25) is 11.8 Å². The molecular weight excluding hydrogens is 444 g/mol. The number of hydrogen-bond acceptors (Lipinski definition) is 5. The quantitative estimate of drug-likeness (QED) is 0.418. The number of esters is 1. The first kappa shape index (κ1) is 20.3. The molecule has 0 bridgehead atoms. The molecule has 0 aliphatic carbocycles. The van der Waals surface area contributed by atoms with E-state index in [1.807, 2.05) is 68.4 Å². The number of ether oxygens (including phenoxy) is 2. The minimum Gasteiger partial charge on any atom is -0.456 e. The summed E-state index contributed by atoms with van der Waals surface area (Å²) >= 11 is 0. The highest BCUT2D eigenvalue weighted by Gasteiger charge is 2.54. The van der Waals surface area contributed by atoms with E-state index in [0.29, 0.717) is 41.3 Å². The summed E-state index contributed by atoms with van der Waals surface area (Å²) in [6.45, 7) is 5.12. The first-order chi connectivity index (χ1) is 16.9. The summed E-state index contributed by atoms with van der Waals surface area (Å²) in [6, 6.07) is 18.6. The van der Waals surface area contributed by atoms with Crippen molar-refractivity contribution in [2.24, 2.45) is 11.8 Å². The summed E-state index contributed by atoms with van der Waals surface area (Å²) in [4.78, 5) is 41.2. The van der Waals surface area contributed by atoms with Crippen LogP contribution in [-0.2, 0) is 19.9 Å². The molecule has 7 rings (SSSR count). The lowest BCUT2D eigenvalue weighted by Crippen LogP contribution is -2.51. The first-order valence-electron chi connectivity index (χ1n) is 11.8. The maximum absolute atomic E-state index is 13.0. The third-order valence-corrected chi connectivity index (χ3v) is 7.59. The Morgan fingerprint density at radius 1 is 0.743 bits per heavy atom. The van der Waals surface area contributed by atoms with Crippen molar-refractivity contribution in [1.82, 2.24) is 0 Å². The van der Waals surface area contributed by atoms with Gasteiger partial charge in [0.25, 0.3) is 0 Å². The van der Waals surface area contributed by atoms with Crippen LogP contribution < -0.4 is 14.5 Å². The number of carbonyl (C=O) groups excluding carboxylic acids is 3. The van der Waals surface area contributed by atoms with Gasteiger partial charge in [0.15, 0.2) is 5.60 Å². The van der Waals surface area contributed by atoms with Gasteiger partial charge in [-0.2, -0.15) is 0 Å². The van der Waals surface area contributed by atoms with Crippen LogP contribution in [0.15, 0.2) is 60.7 Å². The van der Waals surface area contributed by atoms with Crippen molar-refractivity contribution in [1.29, 1.82) is 0 Å². The molecule has 0 aromatic heterocycles. The summed E-state index contributed by atoms with van der Waals surface area (Å²) in [6.07, 6.45) is 0. The van der Waals surface area contributed by atoms with Gasteiger partial charge in [0.05, 0.1) is 17.4 Å². The molecule has 7 heteroatoms. The van der Waals surface area contributed by atoms with Crippen LogP contribution in [-0.4, -0.2) is 30.9 Å². The second-order valence-corrected chi connectivity index (χ2v) is 9.78. The molecule has 3 aromatic carbocycles. The number of rotatable bonds is 2. The van der Waals surface area contributed by atoms with Crippen molar-refractivity contribution in [2.75, 3.05) is 22.9 Å². The normalized spacial score (nSPS) is 25.8. The molecule has 2 fully saturated rings. The van der Waals surface area contributed by atoms with Gasteiger partial charge >= 0.3 is 5.97 Å². The van der Waals surface area contributed by atoms with Crippen molar-refractivity contribution < 1.29 is 23.9 Å². The van der Waals surface area contributed by atoms with Crippen LogP contribution in [0.5, 0.6) is 11.5 Å². The van der Waals surface area contributed by atoms with Gasteiger partial charge < -0.3 is 19.3 Å². The van der Waals surface area contributed by atoms with Crippen LogP contribution in [0.2, 0.25) is 0 Å². The summed E-state index contributed by atoms with van der Waals surface area (Å²) < 4.78 is 12.6. The van der Waals surface area contributed by atoms with E-state index in [4.69, 9.17) is 9.47 Å². The molecule has 35 heavy (non-hydrogen) atoms. The molecule has 0 saturated carbocycles. The SMILES string of the molecule is CC1CN(c2ccc3c(c2)Oc2cc(N4CC(C)C4=O)ccc2C32OC(=O)c3ccccc32)C1=O. The van der Waals surface area contributed by atoms with E-state index in [0.717, 1.165) is 16.9 Å². The van der Waals surface area contributed by atoms with E-state index in [1.165, 1.54) is 0 Å².